The van der Waals surface area contributed by atoms with Crippen LogP contribution >= 0.6 is 0 Å². The van der Waals surface area contributed by atoms with Gasteiger partial charge in [-0.3, -0.25) is 0 Å². The number of hydrogen-bond acceptors (Lipinski definition) is 2. The molecule has 0 aliphatic carbocycles. The van der Waals surface area contributed by atoms with Crippen molar-refractivity contribution >= 4 is 0 Å². The SMILES string of the molecule is COCOc1c[c]ccc1. The van der Waals surface area contributed by atoms with Crippen molar-refractivity contribution in [1.82, 2.24) is 0 Å². The predicted octanol–water partition coefficient (Wildman–Crippen LogP) is 1.47. The highest BCUT2D eigenvalue weighted by Gasteiger charge is 1.86. The third-order valence-electron chi connectivity index (χ3n) is 1.02. The summed E-state index contributed by atoms with van der Waals surface area (Å²) in [6, 6.07) is 10.2. The van der Waals surface area contributed by atoms with E-state index in [1.54, 1.807) is 13.2 Å². The summed E-state index contributed by atoms with van der Waals surface area (Å²) in [5, 5.41) is 0. The van der Waals surface area contributed by atoms with Crippen LogP contribution in [0.1, 0.15) is 0 Å². The molecule has 2 heteroatoms. The number of hydrogen-bond donors (Lipinski definition) is 0. The van der Waals surface area contributed by atoms with Gasteiger partial charge in [0.25, 0.3) is 0 Å². The molecule has 2 nitrogen and oxygen atoms in total. The predicted molar refractivity (Wildman–Crippen MR) is 37.8 cm³/mol. The van der Waals surface area contributed by atoms with E-state index in [0.29, 0.717) is 0 Å². The van der Waals surface area contributed by atoms with Gasteiger partial charge >= 0.3 is 0 Å². The summed E-state index contributed by atoms with van der Waals surface area (Å²) in [6.07, 6.45) is 0. The Bertz CT molecular complexity index is 172. The first-order valence-corrected chi connectivity index (χ1v) is 3.01. The summed E-state index contributed by atoms with van der Waals surface area (Å²) in [4.78, 5) is 0. The van der Waals surface area contributed by atoms with Gasteiger partial charge in [0, 0.05) is 7.11 Å². The van der Waals surface area contributed by atoms with Crippen LogP contribution in [0.25, 0.3) is 0 Å². The van der Waals surface area contributed by atoms with Crippen LogP contribution in [0.5, 0.6) is 5.75 Å². The van der Waals surface area contributed by atoms with Crippen LogP contribution in [0, 0.1) is 6.07 Å². The average Bonchev–Trinajstić information content (AvgIpc) is 2.03. The zero-order chi connectivity index (χ0) is 7.23. The summed E-state index contributed by atoms with van der Waals surface area (Å²) in [5.41, 5.74) is 0. The molecule has 10 heavy (non-hydrogen) atoms. The first-order valence-electron chi connectivity index (χ1n) is 3.01. The van der Waals surface area contributed by atoms with Gasteiger partial charge in [-0.05, 0) is 18.2 Å². The highest BCUT2D eigenvalue weighted by molar-refractivity contribution is 5.19. The fourth-order valence-corrected chi connectivity index (χ4v) is 0.594. The molecule has 0 aromatic heterocycles. The first kappa shape index (κ1) is 7.09. The number of benzene rings is 1. The van der Waals surface area contributed by atoms with Crippen molar-refractivity contribution in [3.8, 4) is 5.75 Å². The normalized spacial score (nSPS) is 9.30. The van der Waals surface area contributed by atoms with E-state index >= 15 is 0 Å². The minimum absolute atomic E-state index is 0.290. The maximum absolute atomic E-state index is 5.10. The van der Waals surface area contributed by atoms with Crippen molar-refractivity contribution in [1.29, 1.82) is 0 Å². The van der Waals surface area contributed by atoms with E-state index in [4.69, 9.17) is 9.47 Å². The van der Waals surface area contributed by atoms with E-state index in [9.17, 15) is 0 Å². The Morgan fingerprint density at radius 2 is 2.50 bits per heavy atom. The molecule has 0 bridgehead atoms. The largest absolute Gasteiger partial charge is 0.468 e. The number of rotatable bonds is 3. The first-order chi connectivity index (χ1) is 4.93. The molecule has 1 rings (SSSR count). The van der Waals surface area contributed by atoms with Crippen molar-refractivity contribution < 1.29 is 9.47 Å². The molecular formula is C8H9O2. The van der Waals surface area contributed by atoms with E-state index in [1.807, 2.05) is 18.2 Å². The van der Waals surface area contributed by atoms with Crippen LogP contribution in [-0.4, -0.2) is 13.9 Å². The monoisotopic (exact) mass is 137 g/mol. The van der Waals surface area contributed by atoms with Crippen LogP contribution < -0.4 is 4.74 Å². The van der Waals surface area contributed by atoms with Gasteiger partial charge < -0.3 is 9.47 Å². The van der Waals surface area contributed by atoms with Gasteiger partial charge in [0.2, 0.25) is 0 Å². The Morgan fingerprint density at radius 3 is 3.10 bits per heavy atom. The van der Waals surface area contributed by atoms with Gasteiger partial charge in [0.05, 0.1) is 0 Å². The lowest BCUT2D eigenvalue weighted by Gasteiger charge is -2.01. The van der Waals surface area contributed by atoms with Crippen LogP contribution in [0.2, 0.25) is 0 Å². The van der Waals surface area contributed by atoms with Crippen LogP contribution in [-0.2, 0) is 4.74 Å². The summed E-state index contributed by atoms with van der Waals surface area (Å²) in [7, 11) is 1.59. The minimum atomic E-state index is 0.290. The molecule has 1 radical (unpaired) electrons. The third-order valence-corrected chi connectivity index (χ3v) is 1.02. The lowest BCUT2D eigenvalue weighted by atomic mass is 10.3. The second-order valence-corrected chi connectivity index (χ2v) is 1.79. The molecule has 0 amide bonds. The Hall–Kier alpha value is -1.02. The lowest BCUT2D eigenvalue weighted by Crippen LogP contribution is -1.97. The Labute approximate surface area is 60.4 Å². The van der Waals surface area contributed by atoms with Gasteiger partial charge in [-0.15, -0.1) is 0 Å². The molecule has 1 aromatic rings. The second kappa shape index (κ2) is 3.90. The Morgan fingerprint density at radius 1 is 1.60 bits per heavy atom. The Kier molecular flexibility index (Phi) is 2.77. The van der Waals surface area contributed by atoms with Crippen LogP contribution in [0.15, 0.2) is 24.3 Å². The Balaban J connectivity index is 2.43. The van der Waals surface area contributed by atoms with Crippen molar-refractivity contribution in [2.45, 2.75) is 0 Å². The van der Waals surface area contributed by atoms with Crippen molar-refractivity contribution in [2.75, 3.05) is 13.9 Å². The average molecular weight is 137 g/mol. The maximum Gasteiger partial charge on any atom is 0.188 e. The highest BCUT2D eigenvalue weighted by atomic mass is 16.7. The molecule has 1 aromatic carbocycles. The minimum Gasteiger partial charge on any atom is -0.468 e. The summed E-state index contributed by atoms with van der Waals surface area (Å²) >= 11 is 0. The van der Waals surface area contributed by atoms with E-state index in [0.717, 1.165) is 5.75 Å². The number of ether oxygens (including phenoxy) is 2. The smallest absolute Gasteiger partial charge is 0.188 e. The standard InChI is InChI=1S/C8H9O2/c1-9-7-10-8-5-3-2-4-6-8/h2-3,5-6H,7H2,1H3. The summed E-state index contributed by atoms with van der Waals surface area (Å²) in [5.74, 6) is 0.782. The van der Waals surface area contributed by atoms with Gasteiger partial charge in [0.1, 0.15) is 5.75 Å². The third kappa shape index (κ3) is 2.07. The lowest BCUT2D eigenvalue weighted by molar-refractivity contribution is 0.0511. The van der Waals surface area contributed by atoms with Gasteiger partial charge in [-0.2, -0.15) is 0 Å². The zero-order valence-corrected chi connectivity index (χ0v) is 5.83. The van der Waals surface area contributed by atoms with Gasteiger partial charge in [-0.1, -0.05) is 12.1 Å². The van der Waals surface area contributed by atoms with Crippen molar-refractivity contribution in [3.63, 3.8) is 0 Å². The maximum atomic E-state index is 5.10. The van der Waals surface area contributed by atoms with E-state index in [-0.39, 0.29) is 6.79 Å². The van der Waals surface area contributed by atoms with Crippen molar-refractivity contribution in [3.05, 3.63) is 30.3 Å². The molecular weight excluding hydrogens is 128 g/mol. The summed E-state index contributed by atoms with van der Waals surface area (Å²) in [6.45, 7) is 0.290. The molecule has 0 N–H and O–H groups in total. The van der Waals surface area contributed by atoms with E-state index < -0.39 is 0 Å². The van der Waals surface area contributed by atoms with Crippen LogP contribution in [0.3, 0.4) is 0 Å². The molecule has 53 valence electrons. The van der Waals surface area contributed by atoms with Gasteiger partial charge in [-0.25, -0.2) is 0 Å². The number of methoxy groups -OCH3 is 1. The molecule has 0 unspecified atom stereocenters. The van der Waals surface area contributed by atoms with E-state index in [1.165, 1.54) is 0 Å². The fraction of sp³-hybridized carbons (Fsp3) is 0.250. The van der Waals surface area contributed by atoms with Gasteiger partial charge in [0.15, 0.2) is 6.79 Å². The van der Waals surface area contributed by atoms with Crippen molar-refractivity contribution in [2.24, 2.45) is 0 Å². The van der Waals surface area contributed by atoms with E-state index in [2.05, 4.69) is 6.07 Å². The molecule has 0 aliphatic heterocycles. The summed E-state index contributed by atoms with van der Waals surface area (Å²) < 4.78 is 9.81. The topological polar surface area (TPSA) is 18.5 Å². The molecule has 0 spiro atoms. The molecule has 0 saturated heterocycles. The zero-order valence-electron chi connectivity index (χ0n) is 5.83. The molecule has 0 atom stereocenters. The molecule has 0 aliphatic rings. The highest BCUT2D eigenvalue weighted by Crippen LogP contribution is 2.06. The fourth-order valence-electron chi connectivity index (χ4n) is 0.594. The van der Waals surface area contributed by atoms with Crippen LogP contribution in [0.4, 0.5) is 0 Å². The molecule has 0 heterocycles. The second-order valence-electron chi connectivity index (χ2n) is 1.79. The molecule has 0 saturated carbocycles. The quantitative estimate of drug-likeness (QED) is 0.587. The molecule has 0 fully saturated rings.